The predicted molar refractivity (Wildman–Crippen MR) is 85.0 cm³/mol. The number of para-hydroxylation sites is 1. The SMILES string of the molecule is CCOc1ccccc1CN.O=Cc1ccccc1Br. The average Bonchev–Trinajstić information content (AvgIpc) is 2.49. The summed E-state index contributed by atoms with van der Waals surface area (Å²) in [7, 11) is 0. The van der Waals surface area contributed by atoms with E-state index in [1.807, 2.05) is 49.4 Å². The van der Waals surface area contributed by atoms with Crippen molar-refractivity contribution in [3.63, 3.8) is 0 Å². The molecule has 0 unspecified atom stereocenters. The maximum absolute atomic E-state index is 10.2. The van der Waals surface area contributed by atoms with E-state index in [0.29, 0.717) is 18.7 Å². The molecule has 2 aromatic rings. The van der Waals surface area contributed by atoms with Gasteiger partial charge in [-0.05, 0) is 19.1 Å². The Morgan fingerprint density at radius 2 is 1.80 bits per heavy atom. The van der Waals surface area contributed by atoms with E-state index < -0.39 is 0 Å². The molecule has 0 spiro atoms. The Hall–Kier alpha value is -1.65. The molecule has 0 aliphatic rings. The number of hydrogen-bond acceptors (Lipinski definition) is 3. The summed E-state index contributed by atoms with van der Waals surface area (Å²) < 4.78 is 6.20. The van der Waals surface area contributed by atoms with Crippen molar-refractivity contribution >= 4 is 22.2 Å². The van der Waals surface area contributed by atoms with Gasteiger partial charge in [0.15, 0.2) is 6.29 Å². The van der Waals surface area contributed by atoms with E-state index in [4.69, 9.17) is 10.5 Å². The van der Waals surface area contributed by atoms with E-state index in [2.05, 4.69) is 15.9 Å². The Kier molecular flexibility index (Phi) is 7.62. The number of rotatable bonds is 4. The summed E-state index contributed by atoms with van der Waals surface area (Å²) in [6, 6.07) is 15.1. The van der Waals surface area contributed by atoms with Crippen LogP contribution < -0.4 is 10.5 Å². The molecule has 0 atom stereocenters. The molecule has 0 fully saturated rings. The largest absolute Gasteiger partial charge is 0.494 e. The van der Waals surface area contributed by atoms with Gasteiger partial charge in [-0.2, -0.15) is 0 Å². The van der Waals surface area contributed by atoms with E-state index in [0.717, 1.165) is 22.1 Å². The fraction of sp³-hybridized carbons (Fsp3) is 0.188. The number of benzene rings is 2. The van der Waals surface area contributed by atoms with Crippen molar-refractivity contribution in [1.29, 1.82) is 0 Å². The van der Waals surface area contributed by atoms with Gasteiger partial charge in [0, 0.05) is 22.1 Å². The van der Waals surface area contributed by atoms with Crippen LogP contribution in [0.1, 0.15) is 22.8 Å². The van der Waals surface area contributed by atoms with E-state index in [9.17, 15) is 4.79 Å². The Morgan fingerprint density at radius 3 is 2.35 bits per heavy atom. The first-order chi connectivity index (χ1) is 9.72. The highest BCUT2D eigenvalue weighted by Crippen LogP contribution is 2.16. The van der Waals surface area contributed by atoms with Crippen LogP contribution in [0, 0.1) is 0 Å². The molecule has 4 heteroatoms. The highest BCUT2D eigenvalue weighted by Gasteiger charge is 1.97. The highest BCUT2D eigenvalue weighted by molar-refractivity contribution is 9.10. The van der Waals surface area contributed by atoms with Crippen LogP contribution >= 0.6 is 15.9 Å². The number of hydrogen-bond donors (Lipinski definition) is 1. The molecule has 0 aromatic heterocycles. The first-order valence-electron chi connectivity index (χ1n) is 6.33. The van der Waals surface area contributed by atoms with Gasteiger partial charge in [0.1, 0.15) is 5.75 Å². The van der Waals surface area contributed by atoms with Crippen molar-refractivity contribution in [2.24, 2.45) is 5.73 Å². The molecule has 0 heterocycles. The molecule has 0 saturated heterocycles. The Labute approximate surface area is 127 Å². The summed E-state index contributed by atoms with van der Waals surface area (Å²) in [4.78, 5) is 10.2. The van der Waals surface area contributed by atoms with E-state index in [1.165, 1.54) is 0 Å². The Bertz CT molecular complexity index is 544. The summed E-state index contributed by atoms with van der Waals surface area (Å²) in [5.41, 5.74) is 7.26. The zero-order valence-corrected chi connectivity index (χ0v) is 13.0. The van der Waals surface area contributed by atoms with E-state index >= 15 is 0 Å². The molecule has 0 radical (unpaired) electrons. The van der Waals surface area contributed by atoms with Gasteiger partial charge in [0.2, 0.25) is 0 Å². The van der Waals surface area contributed by atoms with Crippen molar-refractivity contribution in [1.82, 2.24) is 0 Å². The molecular weight excluding hydrogens is 318 g/mol. The molecule has 0 aliphatic carbocycles. The van der Waals surface area contributed by atoms with Gasteiger partial charge in [-0.15, -0.1) is 0 Å². The van der Waals surface area contributed by atoms with Gasteiger partial charge >= 0.3 is 0 Å². The number of halogens is 1. The minimum atomic E-state index is 0.538. The van der Waals surface area contributed by atoms with Crippen LogP contribution in [0.25, 0.3) is 0 Å². The molecule has 20 heavy (non-hydrogen) atoms. The van der Waals surface area contributed by atoms with Gasteiger partial charge in [-0.25, -0.2) is 0 Å². The molecular formula is C16H18BrNO2. The zero-order valence-electron chi connectivity index (χ0n) is 11.4. The third kappa shape index (κ3) is 5.15. The summed E-state index contributed by atoms with van der Waals surface area (Å²) >= 11 is 3.23. The van der Waals surface area contributed by atoms with Crippen LogP contribution in [0.4, 0.5) is 0 Å². The molecule has 2 aromatic carbocycles. The number of carbonyl (C=O) groups excluding carboxylic acids is 1. The van der Waals surface area contributed by atoms with Crippen LogP contribution in [0.3, 0.4) is 0 Å². The summed E-state index contributed by atoms with van der Waals surface area (Å²) in [5.74, 6) is 0.900. The van der Waals surface area contributed by atoms with Gasteiger partial charge in [0.25, 0.3) is 0 Å². The number of ether oxygens (including phenoxy) is 1. The van der Waals surface area contributed by atoms with Gasteiger partial charge in [0.05, 0.1) is 6.61 Å². The fourth-order valence-corrected chi connectivity index (χ4v) is 1.92. The van der Waals surface area contributed by atoms with Gasteiger partial charge in [-0.1, -0.05) is 52.3 Å². The minimum Gasteiger partial charge on any atom is -0.494 e. The minimum absolute atomic E-state index is 0.538. The number of nitrogens with two attached hydrogens (primary N) is 1. The lowest BCUT2D eigenvalue weighted by atomic mass is 10.2. The molecule has 0 aliphatic heterocycles. The highest BCUT2D eigenvalue weighted by atomic mass is 79.9. The van der Waals surface area contributed by atoms with Crippen LogP contribution in [0.2, 0.25) is 0 Å². The zero-order chi connectivity index (χ0) is 14.8. The van der Waals surface area contributed by atoms with E-state index in [-0.39, 0.29) is 0 Å². The number of carbonyl (C=O) groups is 1. The van der Waals surface area contributed by atoms with Crippen molar-refractivity contribution in [3.8, 4) is 5.75 Å². The second-order valence-corrected chi connectivity index (χ2v) is 4.74. The predicted octanol–water partition coefficient (Wildman–Crippen LogP) is 3.81. The van der Waals surface area contributed by atoms with Crippen LogP contribution in [0.5, 0.6) is 5.75 Å². The standard InChI is InChI=1S/C9H13NO.C7H5BrO/c1-2-11-9-6-4-3-5-8(9)7-10;8-7-4-2-1-3-6(7)5-9/h3-6H,2,7,10H2,1H3;1-5H. The molecule has 0 bridgehead atoms. The molecule has 3 nitrogen and oxygen atoms in total. The lowest BCUT2D eigenvalue weighted by molar-refractivity contribution is 0.112. The molecule has 0 amide bonds. The monoisotopic (exact) mass is 335 g/mol. The average molecular weight is 336 g/mol. The van der Waals surface area contributed by atoms with Crippen LogP contribution in [0.15, 0.2) is 53.0 Å². The quantitative estimate of drug-likeness (QED) is 0.864. The van der Waals surface area contributed by atoms with Gasteiger partial charge < -0.3 is 10.5 Å². The van der Waals surface area contributed by atoms with Crippen molar-refractivity contribution in [2.45, 2.75) is 13.5 Å². The summed E-state index contributed by atoms with van der Waals surface area (Å²) in [5, 5.41) is 0. The van der Waals surface area contributed by atoms with Gasteiger partial charge in [-0.3, -0.25) is 4.79 Å². The van der Waals surface area contributed by atoms with Crippen LogP contribution in [-0.4, -0.2) is 12.9 Å². The summed E-state index contributed by atoms with van der Waals surface area (Å²) in [6.07, 6.45) is 0.823. The maximum Gasteiger partial charge on any atom is 0.151 e. The normalized spacial score (nSPS) is 9.35. The Balaban J connectivity index is 0.000000204. The van der Waals surface area contributed by atoms with E-state index in [1.54, 1.807) is 6.07 Å². The first kappa shape index (κ1) is 16.4. The van der Waals surface area contributed by atoms with Crippen molar-refractivity contribution in [2.75, 3.05) is 6.61 Å². The Morgan fingerprint density at radius 1 is 1.15 bits per heavy atom. The second-order valence-electron chi connectivity index (χ2n) is 3.88. The lowest BCUT2D eigenvalue weighted by Gasteiger charge is -2.06. The van der Waals surface area contributed by atoms with Crippen molar-refractivity contribution < 1.29 is 9.53 Å². The molecule has 0 saturated carbocycles. The second kappa shape index (κ2) is 9.28. The van der Waals surface area contributed by atoms with Crippen molar-refractivity contribution in [3.05, 3.63) is 64.1 Å². The third-order valence-corrected chi connectivity index (χ3v) is 3.25. The number of aldehydes is 1. The topological polar surface area (TPSA) is 52.3 Å². The van der Waals surface area contributed by atoms with Crippen LogP contribution in [-0.2, 0) is 6.54 Å². The smallest absolute Gasteiger partial charge is 0.151 e. The maximum atomic E-state index is 10.2. The lowest BCUT2D eigenvalue weighted by Crippen LogP contribution is -2.01. The first-order valence-corrected chi connectivity index (χ1v) is 7.12. The molecule has 2 rings (SSSR count). The fourth-order valence-electron chi connectivity index (χ4n) is 1.54. The summed E-state index contributed by atoms with van der Waals surface area (Å²) in [6.45, 7) is 3.19. The third-order valence-electron chi connectivity index (χ3n) is 2.52. The molecule has 106 valence electrons. The molecule has 2 N–H and O–H groups in total.